The fraction of sp³-hybridized carbons (Fsp3) is 0.917. The average Bonchev–Trinajstić information content (AvgIpc) is 3.01. The molecule has 4 heteroatoms. The maximum absolute atomic E-state index is 11.3. The molecule has 3 nitrogen and oxygen atoms in total. The maximum atomic E-state index is 11.3. The Bertz CT molecular complexity index is 243. The van der Waals surface area contributed by atoms with Crippen LogP contribution in [0.25, 0.3) is 0 Å². The number of carboxylic acids is 1. The summed E-state index contributed by atoms with van der Waals surface area (Å²) in [7, 11) is 0. The van der Waals surface area contributed by atoms with Gasteiger partial charge < -0.3 is 5.11 Å². The van der Waals surface area contributed by atoms with E-state index in [1.54, 1.807) is 0 Å². The quantitative estimate of drug-likeness (QED) is 0.690. The van der Waals surface area contributed by atoms with Crippen molar-refractivity contribution in [1.29, 1.82) is 0 Å². The van der Waals surface area contributed by atoms with E-state index in [0.717, 1.165) is 25.0 Å². The van der Waals surface area contributed by atoms with Crippen molar-refractivity contribution >= 4 is 17.7 Å². The highest BCUT2D eigenvalue weighted by Gasteiger charge is 2.37. The summed E-state index contributed by atoms with van der Waals surface area (Å²) < 4.78 is 0. The fourth-order valence-corrected chi connectivity index (χ4v) is 2.67. The molecule has 0 aliphatic heterocycles. The molecule has 1 fully saturated rings. The Morgan fingerprint density at radius 1 is 1.62 bits per heavy atom. The smallest absolute Gasteiger partial charge is 0.323 e. The van der Waals surface area contributed by atoms with Crippen molar-refractivity contribution < 1.29 is 9.90 Å². The highest BCUT2D eigenvalue weighted by Crippen LogP contribution is 2.26. The van der Waals surface area contributed by atoms with E-state index in [-0.39, 0.29) is 0 Å². The minimum absolute atomic E-state index is 0.440. The third-order valence-electron chi connectivity index (χ3n) is 3.15. The fourth-order valence-electron chi connectivity index (χ4n) is 1.50. The number of nitrogens with one attached hydrogen (secondary N) is 1. The van der Waals surface area contributed by atoms with Gasteiger partial charge in [-0.3, -0.25) is 10.1 Å². The Labute approximate surface area is 102 Å². The van der Waals surface area contributed by atoms with Crippen molar-refractivity contribution in [2.45, 2.75) is 63.3 Å². The van der Waals surface area contributed by atoms with E-state index in [0.29, 0.717) is 17.7 Å². The molecule has 1 saturated carbocycles. The predicted octanol–water partition coefficient (Wildman–Crippen LogP) is 2.50. The van der Waals surface area contributed by atoms with Crippen molar-refractivity contribution in [3.05, 3.63) is 0 Å². The van der Waals surface area contributed by atoms with Crippen LogP contribution < -0.4 is 5.32 Å². The van der Waals surface area contributed by atoms with Crippen molar-refractivity contribution in [1.82, 2.24) is 5.32 Å². The zero-order valence-electron chi connectivity index (χ0n) is 10.5. The average molecular weight is 245 g/mol. The summed E-state index contributed by atoms with van der Waals surface area (Å²) in [6, 6.07) is 0.440. The molecule has 0 amide bonds. The van der Waals surface area contributed by atoms with Crippen LogP contribution in [0.3, 0.4) is 0 Å². The van der Waals surface area contributed by atoms with Crippen LogP contribution >= 0.6 is 11.8 Å². The van der Waals surface area contributed by atoms with Crippen LogP contribution in [-0.4, -0.2) is 33.7 Å². The molecule has 0 aromatic carbocycles. The number of hydrogen-bond acceptors (Lipinski definition) is 3. The summed E-state index contributed by atoms with van der Waals surface area (Å²) >= 11 is 1.86. The molecule has 0 spiro atoms. The minimum Gasteiger partial charge on any atom is -0.480 e. The maximum Gasteiger partial charge on any atom is 0.323 e. The van der Waals surface area contributed by atoms with E-state index in [1.165, 1.54) is 0 Å². The van der Waals surface area contributed by atoms with Crippen molar-refractivity contribution in [2.75, 3.05) is 5.75 Å². The summed E-state index contributed by atoms with van der Waals surface area (Å²) in [6.07, 6.45) is 4.10. The molecule has 94 valence electrons. The highest BCUT2D eigenvalue weighted by molar-refractivity contribution is 7.99. The molecule has 1 aliphatic carbocycles. The molecule has 0 heterocycles. The van der Waals surface area contributed by atoms with Gasteiger partial charge in [0.05, 0.1) is 0 Å². The van der Waals surface area contributed by atoms with Gasteiger partial charge in [-0.25, -0.2) is 0 Å². The molecular weight excluding hydrogens is 222 g/mol. The van der Waals surface area contributed by atoms with Gasteiger partial charge in [0.1, 0.15) is 5.54 Å². The molecule has 0 radical (unpaired) electrons. The van der Waals surface area contributed by atoms with Crippen molar-refractivity contribution in [3.63, 3.8) is 0 Å². The first-order chi connectivity index (χ1) is 7.48. The lowest BCUT2D eigenvalue weighted by Gasteiger charge is -2.26. The van der Waals surface area contributed by atoms with Crippen molar-refractivity contribution in [2.24, 2.45) is 0 Å². The topological polar surface area (TPSA) is 49.3 Å². The van der Waals surface area contributed by atoms with E-state index in [4.69, 9.17) is 0 Å². The van der Waals surface area contributed by atoms with Crippen LogP contribution in [0.1, 0.15) is 46.5 Å². The molecule has 0 bridgehead atoms. The highest BCUT2D eigenvalue weighted by atomic mass is 32.2. The molecule has 1 aliphatic rings. The predicted molar refractivity (Wildman–Crippen MR) is 69.0 cm³/mol. The molecule has 0 aromatic rings. The molecule has 16 heavy (non-hydrogen) atoms. The molecular formula is C12H23NO2S. The monoisotopic (exact) mass is 245 g/mol. The SMILES string of the molecule is CCC(C)SCCC(C)(NC1CC1)C(=O)O. The summed E-state index contributed by atoms with van der Waals surface area (Å²) in [4.78, 5) is 11.3. The minimum atomic E-state index is -0.734. The Morgan fingerprint density at radius 3 is 2.69 bits per heavy atom. The molecule has 2 N–H and O–H groups in total. The Balaban J connectivity index is 2.34. The van der Waals surface area contributed by atoms with Crippen LogP contribution in [0.4, 0.5) is 0 Å². The second-order valence-corrected chi connectivity index (χ2v) is 6.44. The summed E-state index contributed by atoms with van der Waals surface area (Å²) in [5, 5.41) is 13.1. The number of carbonyl (C=O) groups is 1. The van der Waals surface area contributed by atoms with Gasteiger partial charge in [0.2, 0.25) is 0 Å². The zero-order chi connectivity index (χ0) is 12.2. The first kappa shape index (κ1) is 13.8. The van der Waals surface area contributed by atoms with Crippen LogP contribution in [0, 0.1) is 0 Å². The van der Waals surface area contributed by atoms with Crippen LogP contribution in [-0.2, 0) is 4.79 Å². The standard InChI is InChI=1S/C12H23NO2S/c1-4-9(2)16-8-7-12(3,11(14)15)13-10-5-6-10/h9-10,13H,4-8H2,1-3H3,(H,14,15). The van der Waals surface area contributed by atoms with E-state index >= 15 is 0 Å². The number of carboxylic acid groups (broad SMARTS) is 1. The van der Waals surface area contributed by atoms with Crippen molar-refractivity contribution in [3.8, 4) is 0 Å². The van der Waals surface area contributed by atoms with E-state index in [1.807, 2.05) is 18.7 Å². The van der Waals surface area contributed by atoms with Gasteiger partial charge in [-0.05, 0) is 38.4 Å². The van der Waals surface area contributed by atoms with E-state index < -0.39 is 11.5 Å². The van der Waals surface area contributed by atoms with Gasteiger partial charge in [0.25, 0.3) is 0 Å². The zero-order valence-corrected chi connectivity index (χ0v) is 11.3. The van der Waals surface area contributed by atoms with Crippen LogP contribution in [0.5, 0.6) is 0 Å². The second kappa shape index (κ2) is 5.92. The summed E-state index contributed by atoms with van der Waals surface area (Å²) in [5.74, 6) is 0.196. The third-order valence-corrected chi connectivity index (χ3v) is 4.49. The Morgan fingerprint density at radius 2 is 2.25 bits per heavy atom. The van der Waals surface area contributed by atoms with E-state index in [2.05, 4.69) is 19.2 Å². The molecule has 0 aromatic heterocycles. The second-order valence-electron chi connectivity index (χ2n) is 4.90. The molecule has 2 atom stereocenters. The molecule has 0 saturated heterocycles. The number of hydrogen-bond donors (Lipinski definition) is 2. The summed E-state index contributed by atoms with van der Waals surface area (Å²) in [6.45, 7) is 6.17. The number of rotatable bonds is 8. The lowest BCUT2D eigenvalue weighted by molar-refractivity contribution is -0.144. The van der Waals surface area contributed by atoms with Gasteiger partial charge in [0, 0.05) is 11.3 Å². The third kappa shape index (κ3) is 4.34. The number of aliphatic carboxylic acids is 1. The lowest BCUT2D eigenvalue weighted by atomic mass is 9.99. The van der Waals surface area contributed by atoms with Gasteiger partial charge in [0.15, 0.2) is 0 Å². The van der Waals surface area contributed by atoms with Crippen LogP contribution in [0.15, 0.2) is 0 Å². The van der Waals surface area contributed by atoms with E-state index in [9.17, 15) is 9.90 Å². The van der Waals surface area contributed by atoms with Gasteiger partial charge in [-0.2, -0.15) is 11.8 Å². The lowest BCUT2D eigenvalue weighted by Crippen LogP contribution is -2.51. The molecule has 1 rings (SSSR count). The summed E-state index contributed by atoms with van der Waals surface area (Å²) in [5.41, 5.74) is -0.734. The molecule has 2 unspecified atom stereocenters. The Kier molecular flexibility index (Phi) is 5.12. The first-order valence-electron chi connectivity index (χ1n) is 6.10. The van der Waals surface area contributed by atoms with Gasteiger partial charge in [-0.1, -0.05) is 13.8 Å². The first-order valence-corrected chi connectivity index (χ1v) is 7.15. The largest absolute Gasteiger partial charge is 0.480 e. The van der Waals surface area contributed by atoms with Gasteiger partial charge >= 0.3 is 5.97 Å². The van der Waals surface area contributed by atoms with Gasteiger partial charge in [-0.15, -0.1) is 0 Å². The van der Waals surface area contributed by atoms with Crippen LogP contribution in [0.2, 0.25) is 0 Å². The normalized spacial score (nSPS) is 21.4. The Hall–Kier alpha value is -0.220. The number of thioether (sulfide) groups is 1.